The van der Waals surface area contributed by atoms with Crippen LogP contribution in [0.5, 0.6) is 0 Å². The van der Waals surface area contributed by atoms with E-state index in [4.69, 9.17) is 0 Å². The first-order valence-electron chi connectivity index (χ1n) is 10.9. The van der Waals surface area contributed by atoms with Gasteiger partial charge in [0.05, 0.1) is 4.92 Å². The minimum absolute atomic E-state index is 0.0939. The molecular weight excluding hydrogens is 453 g/mol. The van der Waals surface area contributed by atoms with E-state index in [1.807, 2.05) is 32.0 Å². The number of halogens is 1. The molecule has 0 saturated heterocycles. The minimum atomic E-state index is -0.528. The van der Waals surface area contributed by atoms with Crippen molar-refractivity contribution in [3.05, 3.63) is 93.8 Å². The van der Waals surface area contributed by atoms with Crippen LogP contribution in [0, 0.1) is 29.8 Å². The van der Waals surface area contributed by atoms with Crippen molar-refractivity contribution in [2.45, 2.75) is 20.3 Å². The average molecular weight is 480 g/mol. The normalized spacial score (nSPS) is 10.4. The monoisotopic (exact) mass is 479 g/mol. The van der Waals surface area contributed by atoms with Crippen molar-refractivity contribution < 1.29 is 18.9 Å². The van der Waals surface area contributed by atoms with Gasteiger partial charge >= 0.3 is 12.1 Å². The lowest BCUT2D eigenvalue weighted by Gasteiger charge is -2.23. The first kappa shape index (κ1) is 25.2. The molecule has 0 bridgehead atoms. The van der Waals surface area contributed by atoms with E-state index in [1.165, 1.54) is 53.4 Å². The molecule has 3 rings (SSSR count). The van der Waals surface area contributed by atoms with Crippen LogP contribution >= 0.6 is 0 Å². The Morgan fingerprint density at radius 1 is 0.943 bits per heavy atom. The van der Waals surface area contributed by atoms with E-state index >= 15 is 0 Å². The summed E-state index contributed by atoms with van der Waals surface area (Å²) in [5, 5.41) is 19.1. The van der Waals surface area contributed by atoms with Gasteiger partial charge in [0.2, 0.25) is 0 Å². The lowest BCUT2D eigenvalue weighted by molar-refractivity contribution is -0.384. The molecule has 0 unspecified atom stereocenters. The second kappa shape index (κ2) is 11.6. The number of hydrogen-bond acceptors (Lipinski definition) is 4. The fraction of sp³-hybridized carbons (Fsp3) is 0.200. The second-order valence-electron chi connectivity index (χ2n) is 7.86. The predicted octanol–water partition coefficient (Wildman–Crippen LogP) is 5.60. The molecule has 4 amide bonds. The molecule has 0 aliphatic heterocycles. The molecule has 0 heterocycles. The third kappa shape index (κ3) is 7.00. The smallest absolute Gasteiger partial charge is 0.326 e. The van der Waals surface area contributed by atoms with Gasteiger partial charge in [-0.3, -0.25) is 15.0 Å². The molecule has 0 aliphatic rings. The molecule has 182 valence electrons. The molecule has 35 heavy (non-hydrogen) atoms. The van der Waals surface area contributed by atoms with Crippen LogP contribution in [-0.2, 0) is 0 Å². The molecule has 0 radical (unpaired) electrons. The van der Waals surface area contributed by atoms with Crippen molar-refractivity contribution in [3.63, 3.8) is 0 Å². The van der Waals surface area contributed by atoms with Crippen molar-refractivity contribution in [1.29, 1.82) is 0 Å². The van der Waals surface area contributed by atoms with Crippen LogP contribution in [0.3, 0.4) is 0 Å². The molecule has 0 aliphatic carbocycles. The Morgan fingerprint density at radius 3 is 2.17 bits per heavy atom. The van der Waals surface area contributed by atoms with Gasteiger partial charge in [-0.25, -0.2) is 14.0 Å². The highest BCUT2D eigenvalue weighted by molar-refractivity contribution is 6.01. The van der Waals surface area contributed by atoms with E-state index in [0.717, 1.165) is 16.8 Å². The fourth-order valence-corrected chi connectivity index (χ4v) is 3.43. The third-order valence-corrected chi connectivity index (χ3v) is 5.28. The molecule has 3 aromatic rings. The summed E-state index contributed by atoms with van der Waals surface area (Å²) >= 11 is 0. The highest BCUT2D eigenvalue weighted by Crippen LogP contribution is 2.20. The quantitative estimate of drug-likeness (QED) is 0.221. The summed E-state index contributed by atoms with van der Waals surface area (Å²) in [6.45, 7) is 4.34. The number of carbonyl (C=O) groups is 2. The molecule has 10 heteroatoms. The number of anilines is 3. The zero-order valence-corrected chi connectivity index (χ0v) is 19.4. The number of hydrogen-bond donors (Lipinski definition) is 3. The molecular formula is C25H26FN5O4. The number of para-hydroxylation sites is 1. The van der Waals surface area contributed by atoms with Crippen molar-refractivity contribution >= 4 is 34.8 Å². The number of non-ortho nitro benzene ring substituents is 1. The van der Waals surface area contributed by atoms with E-state index in [9.17, 15) is 24.1 Å². The van der Waals surface area contributed by atoms with E-state index in [-0.39, 0.29) is 18.3 Å². The van der Waals surface area contributed by atoms with Crippen LogP contribution in [0.15, 0.2) is 66.7 Å². The number of aryl methyl sites for hydroxylation is 2. The standard InChI is InChI=1S/C25H26FN5O4/c1-17-5-3-6-18(2)23(17)29-24(32)27-15-4-16-30(21-11-7-19(26)8-12-21)25(33)28-20-9-13-22(14-10-20)31(34)35/h3,5-14H,4,15-16H2,1-2H3,(H,28,33)(H2,27,29,32). The zero-order chi connectivity index (χ0) is 25.4. The number of carbonyl (C=O) groups excluding carboxylic acids is 2. The summed E-state index contributed by atoms with van der Waals surface area (Å²) in [6, 6.07) is 15.8. The van der Waals surface area contributed by atoms with E-state index in [0.29, 0.717) is 24.3 Å². The van der Waals surface area contributed by atoms with Gasteiger partial charge < -0.3 is 16.0 Å². The summed E-state index contributed by atoms with van der Waals surface area (Å²) in [5.41, 5.74) is 3.39. The summed E-state index contributed by atoms with van der Waals surface area (Å²) < 4.78 is 13.4. The Labute approximate surface area is 202 Å². The number of benzene rings is 3. The van der Waals surface area contributed by atoms with E-state index in [2.05, 4.69) is 16.0 Å². The molecule has 0 atom stereocenters. The SMILES string of the molecule is Cc1cccc(C)c1NC(=O)NCCCN(C(=O)Nc1ccc([N+](=O)[O-])cc1)c1ccc(F)cc1. The average Bonchev–Trinajstić information content (AvgIpc) is 2.82. The molecule has 3 N–H and O–H groups in total. The molecule has 3 aromatic carbocycles. The number of rotatable bonds is 8. The summed E-state index contributed by atoms with van der Waals surface area (Å²) in [6.07, 6.45) is 0.422. The van der Waals surface area contributed by atoms with Crippen LogP contribution in [0.1, 0.15) is 17.5 Å². The number of nitro benzene ring substituents is 1. The van der Waals surface area contributed by atoms with Crippen molar-refractivity contribution in [3.8, 4) is 0 Å². The molecule has 0 spiro atoms. The molecule has 0 saturated carbocycles. The Kier molecular flexibility index (Phi) is 8.33. The number of nitrogens with one attached hydrogen (secondary N) is 3. The van der Waals surface area contributed by atoms with Crippen molar-refractivity contribution in [2.75, 3.05) is 28.6 Å². The molecule has 0 fully saturated rings. The van der Waals surface area contributed by atoms with Gasteiger partial charge in [-0.05, 0) is 67.8 Å². The first-order valence-corrected chi connectivity index (χ1v) is 10.9. The number of urea groups is 2. The van der Waals surface area contributed by atoms with Gasteiger partial charge in [0.1, 0.15) is 5.82 Å². The van der Waals surface area contributed by atoms with E-state index in [1.54, 1.807) is 0 Å². The van der Waals surface area contributed by atoms with Gasteiger partial charge in [0, 0.05) is 42.3 Å². The highest BCUT2D eigenvalue weighted by Gasteiger charge is 2.17. The van der Waals surface area contributed by atoms with Gasteiger partial charge in [0.25, 0.3) is 5.69 Å². The van der Waals surface area contributed by atoms with Crippen LogP contribution in [0.2, 0.25) is 0 Å². The largest absolute Gasteiger partial charge is 0.338 e. The van der Waals surface area contributed by atoms with Gasteiger partial charge in [0.15, 0.2) is 0 Å². The summed E-state index contributed by atoms with van der Waals surface area (Å²) in [5.74, 6) is -0.436. The molecule has 0 aromatic heterocycles. The Balaban J connectivity index is 1.61. The number of nitrogens with zero attached hydrogens (tertiary/aromatic N) is 2. The topological polar surface area (TPSA) is 117 Å². The van der Waals surface area contributed by atoms with Crippen LogP contribution < -0.4 is 20.9 Å². The van der Waals surface area contributed by atoms with Crippen LogP contribution in [0.4, 0.5) is 36.7 Å². The van der Waals surface area contributed by atoms with Gasteiger partial charge in [-0.2, -0.15) is 0 Å². The summed E-state index contributed by atoms with van der Waals surface area (Å²) in [7, 11) is 0. The van der Waals surface area contributed by atoms with Crippen LogP contribution in [-0.4, -0.2) is 30.1 Å². The third-order valence-electron chi connectivity index (χ3n) is 5.28. The minimum Gasteiger partial charge on any atom is -0.338 e. The Morgan fingerprint density at radius 2 is 1.57 bits per heavy atom. The molecule has 9 nitrogen and oxygen atoms in total. The fourth-order valence-electron chi connectivity index (χ4n) is 3.43. The Bertz CT molecular complexity index is 1180. The van der Waals surface area contributed by atoms with Crippen molar-refractivity contribution in [1.82, 2.24) is 5.32 Å². The summed E-state index contributed by atoms with van der Waals surface area (Å²) in [4.78, 5) is 37.0. The number of nitro groups is 1. The zero-order valence-electron chi connectivity index (χ0n) is 19.4. The number of amides is 4. The van der Waals surface area contributed by atoms with Gasteiger partial charge in [-0.15, -0.1) is 0 Å². The second-order valence-corrected chi connectivity index (χ2v) is 7.86. The van der Waals surface area contributed by atoms with Gasteiger partial charge in [-0.1, -0.05) is 18.2 Å². The Hall–Kier alpha value is -4.47. The maximum absolute atomic E-state index is 13.4. The predicted molar refractivity (Wildman–Crippen MR) is 133 cm³/mol. The van der Waals surface area contributed by atoms with Crippen LogP contribution in [0.25, 0.3) is 0 Å². The first-order chi connectivity index (χ1) is 16.7. The lowest BCUT2D eigenvalue weighted by Crippen LogP contribution is -2.38. The highest BCUT2D eigenvalue weighted by atomic mass is 19.1. The maximum atomic E-state index is 13.4. The lowest BCUT2D eigenvalue weighted by atomic mass is 10.1. The van der Waals surface area contributed by atoms with E-state index < -0.39 is 16.8 Å². The van der Waals surface area contributed by atoms with Crippen molar-refractivity contribution in [2.24, 2.45) is 0 Å². The maximum Gasteiger partial charge on any atom is 0.326 e.